The SMILES string of the molecule is Cc1nn(C)c(Cc2ccccc2)c1Br. The molecule has 0 aliphatic rings. The molecular formula is C12H13BrN2. The third kappa shape index (κ3) is 2.12. The van der Waals surface area contributed by atoms with E-state index in [1.807, 2.05) is 24.7 Å². The minimum Gasteiger partial charge on any atom is -0.271 e. The molecule has 0 aliphatic carbocycles. The number of benzene rings is 1. The van der Waals surface area contributed by atoms with Crippen LogP contribution in [0.2, 0.25) is 0 Å². The lowest BCUT2D eigenvalue weighted by Gasteiger charge is -2.02. The molecule has 2 nitrogen and oxygen atoms in total. The van der Waals surface area contributed by atoms with Crippen molar-refractivity contribution in [1.29, 1.82) is 0 Å². The van der Waals surface area contributed by atoms with Gasteiger partial charge in [0, 0.05) is 13.5 Å². The Kier molecular flexibility index (Phi) is 2.91. The molecule has 0 atom stereocenters. The first-order chi connectivity index (χ1) is 7.18. The predicted molar refractivity (Wildman–Crippen MR) is 64.9 cm³/mol. The second kappa shape index (κ2) is 4.19. The van der Waals surface area contributed by atoms with Crippen LogP contribution in [0.1, 0.15) is 17.0 Å². The van der Waals surface area contributed by atoms with E-state index >= 15 is 0 Å². The summed E-state index contributed by atoms with van der Waals surface area (Å²) in [4.78, 5) is 0. The molecule has 0 radical (unpaired) electrons. The van der Waals surface area contributed by atoms with Gasteiger partial charge in [-0.2, -0.15) is 5.10 Å². The fourth-order valence-electron chi connectivity index (χ4n) is 1.66. The Bertz CT molecular complexity index is 460. The molecule has 0 N–H and O–H groups in total. The zero-order valence-electron chi connectivity index (χ0n) is 8.87. The Morgan fingerprint density at radius 1 is 1.27 bits per heavy atom. The number of halogens is 1. The van der Waals surface area contributed by atoms with E-state index in [1.54, 1.807) is 0 Å². The van der Waals surface area contributed by atoms with Gasteiger partial charge >= 0.3 is 0 Å². The molecule has 15 heavy (non-hydrogen) atoms. The smallest absolute Gasteiger partial charge is 0.0738 e. The summed E-state index contributed by atoms with van der Waals surface area (Å²) in [5.41, 5.74) is 3.57. The molecule has 78 valence electrons. The molecule has 0 saturated carbocycles. The summed E-state index contributed by atoms with van der Waals surface area (Å²) in [5, 5.41) is 4.38. The molecule has 0 amide bonds. The molecule has 3 heteroatoms. The monoisotopic (exact) mass is 264 g/mol. The lowest BCUT2D eigenvalue weighted by molar-refractivity contribution is 0.716. The Morgan fingerprint density at radius 2 is 1.93 bits per heavy atom. The van der Waals surface area contributed by atoms with E-state index in [9.17, 15) is 0 Å². The van der Waals surface area contributed by atoms with Crippen LogP contribution in [0.5, 0.6) is 0 Å². The average Bonchev–Trinajstić information content (AvgIpc) is 2.47. The molecule has 0 aliphatic heterocycles. The van der Waals surface area contributed by atoms with Gasteiger partial charge in [-0.3, -0.25) is 4.68 Å². The highest BCUT2D eigenvalue weighted by Gasteiger charge is 2.10. The molecule has 0 bridgehead atoms. The molecule has 2 rings (SSSR count). The third-order valence-corrected chi connectivity index (χ3v) is 3.51. The van der Waals surface area contributed by atoms with E-state index < -0.39 is 0 Å². The topological polar surface area (TPSA) is 17.8 Å². The van der Waals surface area contributed by atoms with Gasteiger partial charge in [0.25, 0.3) is 0 Å². The highest BCUT2D eigenvalue weighted by molar-refractivity contribution is 9.10. The zero-order chi connectivity index (χ0) is 10.8. The first kappa shape index (κ1) is 10.4. The summed E-state index contributed by atoms with van der Waals surface area (Å²) >= 11 is 3.58. The maximum Gasteiger partial charge on any atom is 0.0738 e. The summed E-state index contributed by atoms with van der Waals surface area (Å²) in [6.45, 7) is 2.01. The summed E-state index contributed by atoms with van der Waals surface area (Å²) in [6.07, 6.45) is 0.915. The number of aromatic nitrogens is 2. The molecule has 2 aromatic rings. The van der Waals surface area contributed by atoms with Crippen molar-refractivity contribution < 1.29 is 0 Å². The van der Waals surface area contributed by atoms with Crippen molar-refractivity contribution in [2.24, 2.45) is 7.05 Å². The lowest BCUT2D eigenvalue weighted by Crippen LogP contribution is -1.99. The van der Waals surface area contributed by atoms with Crippen molar-refractivity contribution in [2.75, 3.05) is 0 Å². The van der Waals surface area contributed by atoms with Crippen LogP contribution < -0.4 is 0 Å². The fourth-order valence-corrected chi connectivity index (χ4v) is 2.14. The standard InChI is InChI=1S/C12H13BrN2/c1-9-12(13)11(15(2)14-9)8-10-6-4-3-5-7-10/h3-7H,8H2,1-2H3. The van der Waals surface area contributed by atoms with E-state index in [-0.39, 0.29) is 0 Å². The third-order valence-electron chi connectivity index (χ3n) is 2.48. The van der Waals surface area contributed by atoms with Crippen LogP contribution >= 0.6 is 15.9 Å². The maximum atomic E-state index is 4.38. The summed E-state index contributed by atoms with van der Waals surface area (Å²) in [6, 6.07) is 10.4. The largest absolute Gasteiger partial charge is 0.271 e. The lowest BCUT2D eigenvalue weighted by atomic mass is 10.1. The van der Waals surface area contributed by atoms with Crippen LogP contribution in [-0.4, -0.2) is 9.78 Å². The van der Waals surface area contributed by atoms with Crippen LogP contribution in [0.25, 0.3) is 0 Å². The zero-order valence-corrected chi connectivity index (χ0v) is 10.5. The predicted octanol–water partition coefficient (Wildman–Crippen LogP) is 3.08. The Labute approximate surface area is 98.1 Å². The minimum atomic E-state index is 0.915. The van der Waals surface area contributed by atoms with Gasteiger partial charge in [-0.15, -0.1) is 0 Å². The van der Waals surface area contributed by atoms with Gasteiger partial charge in [0.1, 0.15) is 0 Å². The second-order valence-corrected chi connectivity index (χ2v) is 4.43. The van der Waals surface area contributed by atoms with Gasteiger partial charge in [0.15, 0.2) is 0 Å². The number of hydrogen-bond donors (Lipinski definition) is 0. The molecule has 1 aromatic heterocycles. The quantitative estimate of drug-likeness (QED) is 0.815. The van der Waals surface area contributed by atoms with Gasteiger partial charge in [-0.1, -0.05) is 30.3 Å². The van der Waals surface area contributed by atoms with Crippen molar-refractivity contribution >= 4 is 15.9 Å². The van der Waals surface area contributed by atoms with E-state index in [1.165, 1.54) is 11.3 Å². The number of hydrogen-bond acceptors (Lipinski definition) is 1. The van der Waals surface area contributed by atoms with E-state index in [2.05, 4.69) is 45.3 Å². The van der Waals surface area contributed by atoms with Crippen molar-refractivity contribution in [2.45, 2.75) is 13.3 Å². The molecular weight excluding hydrogens is 252 g/mol. The number of nitrogens with zero attached hydrogens (tertiary/aromatic N) is 2. The van der Waals surface area contributed by atoms with Gasteiger partial charge in [-0.25, -0.2) is 0 Å². The first-order valence-electron chi connectivity index (χ1n) is 4.90. The van der Waals surface area contributed by atoms with Crippen LogP contribution in [-0.2, 0) is 13.5 Å². The fraction of sp³-hybridized carbons (Fsp3) is 0.250. The van der Waals surface area contributed by atoms with Crippen molar-refractivity contribution in [3.8, 4) is 0 Å². The number of aryl methyl sites for hydroxylation is 2. The normalized spacial score (nSPS) is 10.6. The van der Waals surface area contributed by atoms with Gasteiger partial charge < -0.3 is 0 Å². The molecule has 1 aromatic carbocycles. The summed E-state index contributed by atoms with van der Waals surface area (Å²) in [7, 11) is 1.98. The van der Waals surface area contributed by atoms with Crippen LogP contribution in [0, 0.1) is 6.92 Å². The maximum absolute atomic E-state index is 4.38. The molecule has 0 spiro atoms. The van der Waals surface area contributed by atoms with Crippen LogP contribution in [0.15, 0.2) is 34.8 Å². The Morgan fingerprint density at radius 3 is 2.47 bits per heavy atom. The van der Waals surface area contributed by atoms with Gasteiger partial charge in [-0.05, 0) is 28.4 Å². The van der Waals surface area contributed by atoms with Crippen molar-refractivity contribution in [3.05, 3.63) is 51.8 Å². The average molecular weight is 265 g/mol. The minimum absolute atomic E-state index is 0.915. The molecule has 0 saturated heterocycles. The van der Waals surface area contributed by atoms with E-state index in [4.69, 9.17) is 0 Å². The first-order valence-corrected chi connectivity index (χ1v) is 5.69. The number of rotatable bonds is 2. The molecule has 0 fully saturated rings. The molecule has 0 unspecified atom stereocenters. The van der Waals surface area contributed by atoms with E-state index in [0.717, 1.165) is 16.6 Å². The van der Waals surface area contributed by atoms with Crippen LogP contribution in [0.4, 0.5) is 0 Å². The second-order valence-electron chi connectivity index (χ2n) is 3.63. The Hall–Kier alpha value is -1.09. The highest BCUT2D eigenvalue weighted by atomic mass is 79.9. The Balaban J connectivity index is 2.32. The highest BCUT2D eigenvalue weighted by Crippen LogP contribution is 2.22. The van der Waals surface area contributed by atoms with Gasteiger partial charge in [0.05, 0.1) is 15.9 Å². The van der Waals surface area contributed by atoms with Crippen molar-refractivity contribution in [3.63, 3.8) is 0 Å². The molecule has 1 heterocycles. The van der Waals surface area contributed by atoms with Crippen molar-refractivity contribution in [1.82, 2.24) is 9.78 Å². The van der Waals surface area contributed by atoms with Crippen LogP contribution in [0.3, 0.4) is 0 Å². The summed E-state index contributed by atoms with van der Waals surface area (Å²) < 4.78 is 3.06. The summed E-state index contributed by atoms with van der Waals surface area (Å²) in [5.74, 6) is 0. The van der Waals surface area contributed by atoms with Gasteiger partial charge in [0.2, 0.25) is 0 Å². The van der Waals surface area contributed by atoms with E-state index in [0.29, 0.717) is 0 Å².